The summed E-state index contributed by atoms with van der Waals surface area (Å²) >= 11 is 7.51. The molecule has 0 bridgehead atoms. The Bertz CT molecular complexity index is 1090. The summed E-state index contributed by atoms with van der Waals surface area (Å²) in [6, 6.07) is 13.6. The van der Waals surface area contributed by atoms with Crippen LogP contribution in [-0.4, -0.2) is 28.5 Å². The molecule has 1 aliphatic heterocycles. The van der Waals surface area contributed by atoms with Gasteiger partial charge in [0.2, 0.25) is 5.91 Å². The number of rotatable bonds is 5. The molecule has 1 N–H and O–H groups in total. The SMILES string of the molecule is CCn1c(=O)sc2cc(NC(=O)[C@H]3CCCN(Cc4ccccc4Cl)C3)ccc21. The van der Waals surface area contributed by atoms with Gasteiger partial charge in [-0.05, 0) is 56.1 Å². The fraction of sp³-hybridized carbons (Fsp3) is 0.364. The largest absolute Gasteiger partial charge is 0.326 e. The second kappa shape index (κ2) is 8.69. The van der Waals surface area contributed by atoms with Crippen molar-refractivity contribution in [3.8, 4) is 0 Å². The van der Waals surface area contributed by atoms with Crippen LogP contribution in [-0.2, 0) is 17.9 Å². The zero-order valence-electron chi connectivity index (χ0n) is 16.4. The fourth-order valence-corrected chi connectivity index (χ4v) is 5.16. The lowest BCUT2D eigenvalue weighted by molar-refractivity contribution is -0.121. The number of likely N-dealkylation sites (tertiary alicyclic amines) is 1. The summed E-state index contributed by atoms with van der Waals surface area (Å²) in [4.78, 5) is 27.2. The maximum atomic E-state index is 12.9. The molecule has 2 heterocycles. The standard InChI is InChI=1S/C22H24ClN3O2S/c1-2-26-19-10-9-17(12-20(19)29-22(26)28)24-21(27)16-7-5-11-25(14-16)13-15-6-3-4-8-18(15)23/h3-4,6,8-10,12,16H,2,5,7,11,13-14H2,1H3,(H,24,27)/t16-/m0/s1. The molecule has 1 amide bonds. The average molecular weight is 430 g/mol. The fourth-order valence-electron chi connectivity index (χ4n) is 3.97. The highest BCUT2D eigenvalue weighted by atomic mass is 35.5. The Labute approximate surface area is 178 Å². The molecule has 29 heavy (non-hydrogen) atoms. The molecule has 0 unspecified atom stereocenters. The van der Waals surface area contributed by atoms with Crippen LogP contribution in [0.1, 0.15) is 25.3 Å². The number of carbonyl (C=O) groups is 1. The predicted molar refractivity (Wildman–Crippen MR) is 120 cm³/mol. The van der Waals surface area contributed by atoms with Crippen LogP contribution >= 0.6 is 22.9 Å². The van der Waals surface area contributed by atoms with Crippen molar-refractivity contribution < 1.29 is 4.79 Å². The van der Waals surface area contributed by atoms with Crippen LogP contribution in [0.5, 0.6) is 0 Å². The van der Waals surface area contributed by atoms with Gasteiger partial charge in [-0.25, -0.2) is 0 Å². The first-order valence-electron chi connectivity index (χ1n) is 9.95. The zero-order chi connectivity index (χ0) is 20.4. The highest BCUT2D eigenvalue weighted by Crippen LogP contribution is 2.25. The van der Waals surface area contributed by atoms with Crippen LogP contribution in [0.15, 0.2) is 47.3 Å². The molecule has 7 heteroatoms. The smallest absolute Gasteiger partial charge is 0.308 e. The van der Waals surface area contributed by atoms with Crippen molar-refractivity contribution in [1.29, 1.82) is 0 Å². The summed E-state index contributed by atoms with van der Waals surface area (Å²) < 4.78 is 2.65. The van der Waals surface area contributed by atoms with Gasteiger partial charge in [0.1, 0.15) is 0 Å². The Morgan fingerprint density at radius 2 is 2.10 bits per heavy atom. The number of piperidine rings is 1. The molecule has 5 nitrogen and oxygen atoms in total. The first-order chi connectivity index (χ1) is 14.0. The summed E-state index contributed by atoms with van der Waals surface area (Å²) in [7, 11) is 0. The molecule has 2 aromatic carbocycles. The number of hydrogen-bond acceptors (Lipinski definition) is 4. The van der Waals surface area contributed by atoms with Gasteiger partial charge in [-0.2, -0.15) is 0 Å². The number of carbonyl (C=O) groups excluding carboxylic acids is 1. The molecular weight excluding hydrogens is 406 g/mol. The third-order valence-corrected chi connectivity index (χ3v) is 6.79. The summed E-state index contributed by atoms with van der Waals surface area (Å²) in [6.07, 6.45) is 1.87. The highest BCUT2D eigenvalue weighted by Gasteiger charge is 2.26. The van der Waals surface area contributed by atoms with E-state index in [1.165, 1.54) is 11.3 Å². The van der Waals surface area contributed by atoms with Crippen molar-refractivity contribution in [2.75, 3.05) is 18.4 Å². The summed E-state index contributed by atoms with van der Waals surface area (Å²) in [5.41, 5.74) is 2.76. The molecule has 1 atom stereocenters. The molecule has 1 aliphatic rings. The van der Waals surface area contributed by atoms with E-state index in [1.807, 2.05) is 49.4 Å². The maximum Gasteiger partial charge on any atom is 0.308 e. The monoisotopic (exact) mass is 429 g/mol. The Morgan fingerprint density at radius 1 is 1.28 bits per heavy atom. The van der Waals surface area contributed by atoms with Gasteiger partial charge in [0.15, 0.2) is 0 Å². The first-order valence-corrected chi connectivity index (χ1v) is 11.1. The minimum Gasteiger partial charge on any atom is -0.326 e. The molecule has 0 spiro atoms. The number of thiazole rings is 1. The molecule has 1 aromatic heterocycles. The number of aryl methyl sites for hydroxylation is 1. The average Bonchev–Trinajstić information content (AvgIpc) is 3.04. The minimum atomic E-state index is -0.0547. The first kappa shape index (κ1) is 20.1. The lowest BCUT2D eigenvalue weighted by Gasteiger charge is -2.32. The predicted octanol–water partition coefficient (Wildman–Crippen LogP) is 4.59. The van der Waals surface area contributed by atoms with Crippen molar-refractivity contribution >= 4 is 44.7 Å². The normalized spacial score (nSPS) is 17.5. The van der Waals surface area contributed by atoms with Crippen molar-refractivity contribution in [2.45, 2.75) is 32.9 Å². The Morgan fingerprint density at radius 3 is 2.90 bits per heavy atom. The van der Waals surface area contributed by atoms with Gasteiger partial charge in [0, 0.05) is 30.3 Å². The number of halogens is 1. The third-order valence-electron chi connectivity index (χ3n) is 5.48. The molecule has 3 aromatic rings. The van der Waals surface area contributed by atoms with Crippen LogP contribution in [0.3, 0.4) is 0 Å². The summed E-state index contributed by atoms with van der Waals surface area (Å²) in [6.45, 7) is 5.06. The number of nitrogens with zero attached hydrogens (tertiary/aromatic N) is 2. The van der Waals surface area contributed by atoms with Crippen LogP contribution in [0.2, 0.25) is 5.02 Å². The molecule has 4 rings (SSSR count). The van der Waals surface area contributed by atoms with Gasteiger partial charge in [-0.1, -0.05) is 41.1 Å². The number of fused-ring (bicyclic) bond motifs is 1. The lowest BCUT2D eigenvalue weighted by atomic mass is 9.96. The zero-order valence-corrected chi connectivity index (χ0v) is 17.9. The van der Waals surface area contributed by atoms with Crippen molar-refractivity contribution in [1.82, 2.24) is 9.47 Å². The minimum absolute atomic E-state index is 0.0356. The van der Waals surface area contributed by atoms with Gasteiger partial charge in [0.25, 0.3) is 0 Å². The highest BCUT2D eigenvalue weighted by molar-refractivity contribution is 7.16. The van der Waals surface area contributed by atoms with Crippen molar-refractivity contribution in [3.05, 3.63) is 62.7 Å². The lowest BCUT2D eigenvalue weighted by Crippen LogP contribution is -2.40. The van der Waals surface area contributed by atoms with E-state index in [9.17, 15) is 9.59 Å². The molecule has 0 radical (unpaired) electrons. The molecule has 1 saturated heterocycles. The second-order valence-electron chi connectivity index (χ2n) is 7.45. The van der Waals surface area contributed by atoms with Crippen LogP contribution in [0.4, 0.5) is 5.69 Å². The van der Waals surface area contributed by atoms with E-state index in [4.69, 9.17) is 11.6 Å². The van der Waals surface area contributed by atoms with E-state index >= 15 is 0 Å². The van der Waals surface area contributed by atoms with E-state index in [0.29, 0.717) is 6.54 Å². The molecular formula is C22H24ClN3O2S. The van der Waals surface area contributed by atoms with Crippen LogP contribution < -0.4 is 10.2 Å². The van der Waals surface area contributed by atoms with E-state index in [1.54, 1.807) is 4.57 Å². The summed E-state index contributed by atoms with van der Waals surface area (Å²) in [5, 5.41) is 3.82. The quantitative estimate of drug-likeness (QED) is 0.645. The number of anilines is 1. The van der Waals surface area contributed by atoms with E-state index in [2.05, 4.69) is 10.2 Å². The number of benzene rings is 2. The maximum absolute atomic E-state index is 12.9. The molecule has 152 valence electrons. The number of nitrogens with one attached hydrogen (secondary N) is 1. The second-order valence-corrected chi connectivity index (χ2v) is 8.85. The van der Waals surface area contributed by atoms with Gasteiger partial charge >= 0.3 is 4.87 Å². The van der Waals surface area contributed by atoms with E-state index < -0.39 is 0 Å². The molecule has 0 saturated carbocycles. The van der Waals surface area contributed by atoms with E-state index in [-0.39, 0.29) is 16.7 Å². The topological polar surface area (TPSA) is 54.3 Å². The van der Waals surface area contributed by atoms with Gasteiger partial charge < -0.3 is 5.32 Å². The van der Waals surface area contributed by atoms with Crippen molar-refractivity contribution in [2.24, 2.45) is 5.92 Å². The van der Waals surface area contributed by atoms with Gasteiger partial charge in [-0.15, -0.1) is 0 Å². The molecule has 1 fully saturated rings. The van der Waals surface area contributed by atoms with Crippen LogP contribution in [0.25, 0.3) is 10.2 Å². The summed E-state index contributed by atoms with van der Waals surface area (Å²) in [5.74, 6) is -0.0172. The van der Waals surface area contributed by atoms with Gasteiger partial charge in [-0.3, -0.25) is 19.1 Å². The number of hydrogen-bond donors (Lipinski definition) is 1. The van der Waals surface area contributed by atoms with Crippen molar-refractivity contribution in [3.63, 3.8) is 0 Å². The molecule has 0 aliphatic carbocycles. The van der Waals surface area contributed by atoms with Gasteiger partial charge in [0.05, 0.1) is 16.1 Å². The third kappa shape index (κ3) is 4.39. The van der Waals surface area contributed by atoms with Crippen LogP contribution in [0, 0.1) is 5.92 Å². The number of amides is 1. The number of aromatic nitrogens is 1. The Kier molecular flexibility index (Phi) is 6.04. The Hall–Kier alpha value is -2.15. The Balaban J connectivity index is 1.43. The van der Waals surface area contributed by atoms with E-state index in [0.717, 1.165) is 59.0 Å².